The van der Waals surface area contributed by atoms with Gasteiger partial charge in [-0.3, -0.25) is 10.4 Å². The fourth-order valence-electron chi connectivity index (χ4n) is 5.32. The fraction of sp³-hybridized carbons (Fsp3) is 0.571. The molecule has 1 saturated heterocycles. The lowest BCUT2D eigenvalue weighted by Crippen LogP contribution is -2.53. The van der Waals surface area contributed by atoms with E-state index < -0.39 is 38.4 Å². The number of nitrogens with zero attached hydrogens (tertiary/aromatic N) is 4. The zero-order valence-electron chi connectivity index (χ0n) is 24.4. The summed E-state index contributed by atoms with van der Waals surface area (Å²) in [6.07, 6.45) is 0.905. The molecule has 1 aromatic carbocycles. The largest absolute Gasteiger partial charge is 0.490 e. The molecule has 1 atom stereocenters. The van der Waals surface area contributed by atoms with E-state index in [0.29, 0.717) is 23.4 Å². The first kappa shape index (κ1) is 30.4. The van der Waals surface area contributed by atoms with Crippen molar-refractivity contribution >= 4 is 21.7 Å². The normalized spacial score (nSPS) is 22.5. The monoisotopic (exact) mass is 609 g/mol. The number of anilines is 1. The van der Waals surface area contributed by atoms with Crippen LogP contribution in [-0.2, 0) is 22.7 Å². The second-order valence-electron chi connectivity index (χ2n) is 11.8. The summed E-state index contributed by atoms with van der Waals surface area (Å²) < 4.78 is 76.0. The van der Waals surface area contributed by atoms with Crippen molar-refractivity contribution in [2.24, 2.45) is 17.8 Å². The van der Waals surface area contributed by atoms with Crippen LogP contribution in [0.4, 0.5) is 18.9 Å². The van der Waals surface area contributed by atoms with Crippen LogP contribution < -0.4 is 21.1 Å². The molecule has 3 heterocycles. The number of allylic oxidation sites excluding steroid dienone is 1. The Bertz CT molecular complexity index is 1520. The van der Waals surface area contributed by atoms with Crippen LogP contribution in [0.15, 0.2) is 39.7 Å². The van der Waals surface area contributed by atoms with Gasteiger partial charge in [0.15, 0.2) is 0 Å². The summed E-state index contributed by atoms with van der Waals surface area (Å²) in [5.41, 5.74) is 7.97. The molecule has 3 aliphatic rings. The lowest BCUT2D eigenvalue weighted by atomic mass is 9.85. The summed E-state index contributed by atoms with van der Waals surface area (Å²) in [7, 11) is -0.337. The van der Waals surface area contributed by atoms with Crippen LogP contribution in [-0.4, -0.2) is 67.0 Å². The minimum atomic E-state index is -4.82. The van der Waals surface area contributed by atoms with Crippen LogP contribution in [0.5, 0.6) is 5.75 Å². The molecule has 14 heteroatoms. The predicted molar refractivity (Wildman–Crippen MR) is 154 cm³/mol. The highest BCUT2D eigenvalue weighted by molar-refractivity contribution is 7.92. The highest BCUT2D eigenvalue weighted by Gasteiger charge is 2.44. The van der Waals surface area contributed by atoms with E-state index in [1.165, 1.54) is 31.8 Å². The number of aryl methyl sites for hydroxylation is 2. The van der Waals surface area contributed by atoms with Crippen LogP contribution in [0.2, 0.25) is 0 Å². The number of sulfone groups is 1. The molecule has 1 aromatic heterocycles. The SMILES string of the molecule is Cc1cc(C2(N)N=CC(C(F)(F)F)=C(Nc3cn(C)nc3S(=O)(=O)C(C)C)N2)c(OC2CC2)cc1C1CCN(C)CC1. The maximum atomic E-state index is 14.2. The van der Waals surface area contributed by atoms with Crippen molar-refractivity contribution in [1.82, 2.24) is 20.0 Å². The van der Waals surface area contributed by atoms with Crippen LogP contribution >= 0.6 is 0 Å². The summed E-state index contributed by atoms with van der Waals surface area (Å²) in [4.78, 5) is 6.44. The van der Waals surface area contributed by atoms with Gasteiger partial charge in [0.1, 0.15) is 17.1 Å². The molecule has 4 N–H and O–H groups in total. The third-order valence-corrected chi connectivity index (χ3v) is 10.1. The van der Waals surface area contributed by atoms with E-state index in [1.807, 2.05) is 19.1 Å². The van der Waals surface area contributed by atoms with Crippen molar-refractivity contribution in [3.05, 3.63) is 46.4 Å². The molecule has 10 nitrogen and oxygen atoms in total. The molecular formula is C28H38F3N7O3S. The van der Waals surface area contributed by atoms with Gasteiger partial charge in [-0.1, -0.05) is 0 Å². The number of benzene rings is 1. The van der Waals surface area contributed by atoms with E-state index in [4.69, 9.17) is 10.5 Å². The number of hydrogen-bond acceptors (Lipinski definition) is 9. The standard InChI is InChI=1S/C28H38F3N7O3S/c1-16(2)42(39,40)26-23(15-38(5)36-26)34-25-22(27(29,30)31)14-33-28(32,35-25)21-12-17(3)20(13-24(21)41-19-6-7-19)18-8-10-37(4)11-9-18/h12-16,18-19,34-35H,6-11,32H2,1-5H3. The highest BCUT2D eigenvalue weighted by atomic mass is 32.2. The first-order valence-electron chi connectivity index (χ1n) is 14.1. The summed E-state index contributed by atoms with van der Waals surface area (Å²) >= 11 is 0. The Morgan fingerprint density at radius 1 is 1.17 bits per heavy atom. The molecule has 0 amide bonds. The van der Waals surface area contributed by atoms with Crippen molar-refractivity contribution in [1.29, 1.82) is 0 Å². The lowest BCUT2D eigenvalue weighted by molar-refractivity contribution is -0.0871. The number of hydrogen-bond donors (Lipinski definition) is 3. The van der Waals surface area contributed by atoms with E-state index in [-0.39, 0.29) is 16.8 Å². The van der Waals surface area contributed by atoms with Crippen molar-refractivity contribution in [2.75, 3.05) is 25.5 Å². The van der Waals surface area contributed by atoms with Gasteiger partial charge in [0.05, 0.1) is 22.6 Å². The maximum absolute atomic E-state index is 14.2. The molecule has 1 aliphatic carbocycles. The molecule has 230 valence electrons. The molecule has 0 bridgehead atoms. The quantitative estimate of drug-likeness (QED) is 0.412. The second-order valence-corrected chi connectivity index (χ2v) is 14.2. The van der Waals surface area contributed by atoms with Gasteiger partial charge in [-0.2, -0.15) is 18.3 Å². The number of aliphatic imine (C=N–C) groups is 1. The topological polar surface area (TPSA) is 127 Å². The molecule has 1 unspecified atom stereocenters. The summed E-state index contributed by atoms with van der Waals surface area (Å²) in [6, 6.07) is 3.81. The minimum Gasteiger partial charge on any atom is -0.490 e. The Labute approximate surface area is 244 Å². The smallest absolute Gasteiger partial charge is 0.421 e. The first-order chi connectivity index (χ1) is 19.6. The Hall–Kier alpha value is -3.10. The third-order valence-electron chi connectivity index (χ3n) is 7.99. The van der Waals surface area contributed by atoms with E-state index >= 15 is 0 Å². The number of halogens is 3. The van der Waals surface area contributed by atoms with Gasteiger partial charge in [-0.15, -0.1) is 0 Å². The molecule has 0 spiro atoms. The minimum absolute atomic E-state index is 0.00558. The molecule has 0 radical (unpaired) electrons. The molecule has 5 rings (SSSR count). The average Bonchev–Trinajstić information content (AvgIpc) is 3.63. The molecule has 2 aliphatic heterocycles. The fourth-order valence-corrected chi connectivity index (χ4v) is 6.42. The van der Waals surface area contributed by atoms with Gasteiger partial charge in [0, 0.05) is 19.5 Å². The average molecular weight is 610 g/mol. The number of rotatable bonds is 8. The number of likely N-dealkylation sites (tertiary alicyclic amines) is 1. The Morgan fingerprint density at radius 3 is 2.43 bits per heavy atom. The predicted octanol–water partition coefficient (Wildman–Crippen LogP) is 3.89. The van der Waals surface area contributed by atoms with Crippen LogP contribution in [0.1, 0.15) is 62.1 Å². The molecule has 42 heavy (non-hydrogen) atoms. The van der Waals surface area contributed by atoms with Crippen LogP contribution in [0.25, 0.3) is 0 Å². The van der Waals surface area contributed by atoms with Crippen molar-refractivity contribution in [3.63, 3.8) is 0 Å². The number of nitrogens with two attached hydrogens (primary N) is 1. The summed E-state index contributed by atoms with van der Waals surface area (Å²) in [5.74, 6) is -1.57. The highest BCUT2D eigenvalue weighted by Crippen LogP contribution is 2.41. The van der Waals surface area contributed by atoms with Gasteiger partial charge >= 0.3 is 6.18 Å². The van der Waals surface area contributed by atoms with E-state index in [0.717, 1.165) is 49.9 Å². The summed E-state index contributed by atoms with van der Waals surface area (Å²) in [5, 5.41) is 8.20. The number of piperidine rings is 1. The Balaban J connectivity index is 1.55. The van der Waals surface area contributed by atoms with Crippen LogP contribution in [0, 0.1) is 6.92 Å². The van der Waals surface area contributed by atoms with Crippen molar-refractivity contribution < 1.29 is 26.3 Å². The van der Waals surface area contributed by atoms with E-state index in [1.54, 1.807) is 0 Å². The van der Waals surface area contributed by atoms with E-state index in [9.17, 15) is 21.6 Å². The zero-order chi connectivity index (χ0) is 30.6. The van der Waals surface area contributed by atoms with Crippen molar-refractivity contribution in [3.8, 4) is 5.75 Å². The third kappa shape index (κ3) is 6.02. The molecular weight excluding hydrogens is 571 g/mol. The van der Waals surface area contributed by atoms with Gasteiger partial charge < -0.3 is 20.3 Å². The number of aromatic nitrogens is 2. The summed E-state index contributed by atoms with van der Waals surface area (Å²) in [6.45, 7) is 6.86. The molecule has 2 aromatic rings. The second kappa shape index (κ2) is 10.9. The number of nitrogens with one attached hydrogen (secondary N) is 2. The van der Waals surface area contributed by atoms with Gasteiger partial charge in [0.2, 0.25) is 20.7 Å². The molecule has 2 fully saturated rings. The number of ether oxygens (including phenoxy) is 1. The molecule has 1 saturated carbocycles. The maximum Gasteiger partial charge on any atom is 0.421 e. The van der Waals surface area contributed by atoms with Crippen LogP contribution in [0.3, 0.4) is 0 Å². The van der Waals surface area contributed by atoms with Gasteiger partial charge in [-0.25, -0.2) is 13.4 Å². The number of alkyl halides is 3. The van der Waals surface area contributed by atoms with Crippen molar-refractivity contribution in [2.45, 2.75) is 80.7 Å². The Kier molecular flexibility index (Phi) is 7.86. The lowest BCUT2D eigenvalue weighted by Gasteiger charge is -2.36. The van der Waals surface area contributed by atoms with Gasteiger partial charge in [-0.05, 0) is 95.8 Å². The zero-order valence-corrected chi connectivity index (χ0v) is 25.2. The van der Waals surface area contributed by atoms with E-state index in [2.05, 4.69) is 32.7 Å². The Morgan fingerprint density at radius 2 is 1.83 bits per heavy atom. The van der Waals surface area contributed by atoms with Gasteiger partial charge in [0.25, 0.3) is 0 Å². The first-order valence-corrected chi connectivity index (χ1v) is 15.6.